The summed E-state index contributed by atoms with van der Waals surface area (Å²) in [5, 5.41) is 16.9. The summed E-state index contributed by atoms with van der Waals surface area (Å²) in [5.41, 5.74) is 0.679. The Balaban J connectivity index is 2.09. The van der Waals surface area contributed by atoms with Crippen LogP contribution in [0.5, 0.6) is 0 Å². The molecule has 1 aromatic heterocycles. The minimum Gasteiger partial charge on any atom is -0.419 e. The van der Waals surface area contributed by atoms with E-state index in [0.29, 0.717) is 23.9 Å². The maximum Gasteiger partial charge on any atom is 0.247 e. The second-order valence-corrected chi connectivity index (χ2v) is 4.45. The highest BCUT2D eigenvalue weighted by Gasteiger charge is 2.13. The van der Waals surface area contributed by atoms with Gasteiger partial charge in [0, 0.05) is 11.6 Å². The van der Waals surface area contributed by atoms with Crippen LogP contribution in [-0.4, -0.2) is 39.9 Å². The van der Waals surface area contributed by atoms with Gasteiger partial charge in [0.25, 0.3) is 0 Å². The number of rotatable bonds is 5. The molecule has 0 saturated carbocycles. The number of aliphatic hydroxyl groups excluding tert-OH is 1. The Hall–Kier alpha value is -1.79. The lowest BCUT2D eigenvalue weighted by atomic mass is 10.2. The Bertz CT molecular complexity index is 527. The maximum atomic E-state index is 12.8. The molecule has 102 valence electrons. The molecule has 0 radical (unpaired) electrons. The summed E-state index contributed by atoms with van der Waals surface area (Å²) in [5.74, 6) is 0.516. The molecule has 1 heterocycles. The van der Waals surface area contributed by atoms with E-state index in [0.717, 1.165) is 0 Å². The molecule has 6 heteroatoms. The van der Waals surface area contributed by atoms with Crippen molar-refractivity contribution in [1.82, 2.24) is 15.1 Å². The van der Waals surface area contributed by atoms with E-state index in [9.17, 15) is 4.39 Å². The Morgan fingerprint density at radius 1 is 1.32 bits per heavy atom. The average molecular weight is 265 g/mol. The van der Waals surface area contributed by atoms with E-state index in [1.165, 1.54) is 12.1 Å². The molecule has 0 aliphatic rings. The predicted octanol–water partition coefficient (Wildman–Crippen LogP) is 1.69. The zero-order valence-corrected chi connectivity index (χ0v) is 10.9. The third kappa shape index (κ3) is 3.36. The fourth-order valence-electron chi connectivity index (χ4n) is 1.54. The molecule has 0 aliphatic carbocycles. The van der Waals surface area contributed by atoms with Gasteiger partial charge in [0.05, 0.1) is 13.2 Å². The maximum absolute atomic E-state index is 12.8. The molecule has 0 aliphatic heterocycles. The van der Waals surface area contributed by atoms with Crippen LogP contribution in [0.4, 0.5) is 4.39 Å². The molecule has 1 atom stereocenters. The van der Waals surface area contributed by atoms with Crippen molar-refractivity contribution < 1.29 is 13.9 Å². The Kier molecular flexibility index (Phi) is 4.24. The van der Waals surface area contributed by atoms with E-state index in [1.54, 1.807) is 12.1 Å². The summed E-state index contributed by atoms with van der Waals surface area (Å²) in [7, 11) is 1.86. The van der Waals surface area contributed by atoms with Crippen molar-refractivity contribution in [3.63, 3.8) is 0 Å². The number of aromatic nitrogens is 2. The first-order valence-corrected chi connectivity index (χ1v) is 5.99. The van der Waals surface area contributed by atoms with E-state index in [1.807, 2.05) is 18.9 Å². The van der Waals surface area contributed by atoms with Gasteiger partial charge in [-0.2, -0.15) is 0 Å². The third-order valence-corrected chi connectivity index (χ3v) is 2.96. The molecule has 0 bridgehead atoms. The number of hydrogen-bond acceptors (Lipinski definition) is 5. The molecule has 0 fully saturated rings. The van der Waals surface area contributed by atoms with Crippen LogP contribution in [0.3, 0.4) is 0 Å². The lowest BCUT2D eigenvalue weighted by molar-refractivity contribution is 0.145. The van der Waals surface area contributed by atoms with Crippen molar-refractivity contribution in [3.8, 4) is 11.5 Å². The smallest absolute Gasteiger partial charge is 0.247 e. The highest BCUT2D eigenvalue weighted by molar-refractivity contribution is 5.51. The standard InChI is InChI=1S/C13H16FN3O2/c1-9(8-18)17(2)7-12-15-16-13(19-12)10-3-5-11(14)6-4-10/h3-6,9,18H,7-8H2,1-2H3. The summed E-state index contributed by atoms with van der Waals surface area (Å²) in [6, 6.07) is 5.89. The monoisotopic (exact) mass is 265 g/mol. The molecule has 1 unspecified atom stereocenters. The zero-order valence-electron chi connectivity index (χ0n) is 10.9. The lowest BCUT2D eigenvalue weighted by Crippen LogP contribution is -2.31. The predicted molar refractivity (Wildman–Crippen MR) is 67.7 cm³/mol. The molecule has 1 N–H and O–H groups in total. The minimum atomic E-state index is -0.306. The fourth-order valence-corrected chi connectivity index (χ4v) is 1.54. The van der Waals surface area contributed by atoms with Gasteiger partial charge >= 0.3 is 0 Å². The van der Waals surface area contributed by atoms with Crippen LogP contribution in [0.15, 0.2) is 28.7 Å². The molecular weight excluding hydrogens is 249 g/mol. The first-order chi connectivity index (χ1) is 9.10. The van der Waals surface area contributed by atoms with Gasteiger partial charge in [0.2, 0.25) is 11.8 Å². The molecule has 1 aromatic carbocycles. The number of aliphatic hydroxyl groups is 1. The van der Waals surface area contributed by atoms with Crippen LogP contribution in [0.2, 0.25) is 0 Å². The first kappa shape index (κ1) is 13.6. The van der Waals surface area contributed by atoms with Crippen molar-refractivity contribution in [2.45, 2.75) is 19.5 Å². The second-order valence-electron chi connectivity index (χ2n) is 4.45. The van der Waals surface area contributed by atoms with Crippen molar-refractivity contribution in [1.29, 1.82) is 0 Å². The van der Waals surface area contributed by atoms with Gasteiger partial charge < -0.3 is 9.52 Å². The van der Waals surface area contributed by atoms with Gasteiger partial charge in [-0.05, 0) is 38.2 Å². The average Bonchev–Trinajstić information content (AvgIpc) is 2.87. The molecule has 2 rings (SSSR count). The van der Waals surface area contributed by atoms with Crippen molar-refractivity contribution in [2.24, 2.45) is 0 Å². The van der Waals surface area contributed by atoms with Gasteiger partial charge in [-0.3, -0.25) is 4.90 Å². The van der Waals surface area contributed by atoms with E-state index in [2.05, 4.69) is 10.2 Å². The van der Waals surface area contributed by atoms with E-state index in [4.69, 9.17) is 9.52 Å². The van der Waals surface area contributed by atoms with E-state index < -0.39 is 0 Å². The molecule has 0 saturated heterocycles. The molecular formula is C13H16FN3O2. The minimum absolute atomic E-state index is 0.0150. The molecule has 0 spiro atoms. The summed E-state index contributed by atoms with van der Waals surface area (Å²) in [4.78, 5) is 1.90. The lowest BCUT2D eigenvalue weighted by Gasteiger charge is -2.20. The van der Waals surface area contributed by atoms with Gasteiger partial charge in [0.15, 0.2) is 0 Å². The summed E-state index contributed by atoms with van der Waals surface area (Å²) >= 11 is 0. The number of benzene rings is 1. The third-order valence-electron chi connectivity index (χ3n) is 2.96. The molecule has 2 aromatic rings. The van der Waals surface area contributed by atoms with Crippen molar-refractivity contribution in [3.05, 3.63) is 36.0 Å². The molecule has 19 heavy (non-hydrogen) atoms. The Labute approximate surface area is 110 Å². The van der Waals surface area contributed by atoms with Crippen LogP contribution >= 0.6 is 0 Å². The van der Waals surface area contributed by atoms with Crippen molar-refractivity contribution in [2.75, 3.05) is 13.7 Å². The topological polar surface area (TPSA) is 62.4 Å². The Morgan fingerprint density at radius 3 is 2.63 bits per heavy atom. The fraction of sp³-hybridized carbons (Fsp3) is 0.385. The van der Waals surface area contributed by atoms with E-state index >= 15 is 0 Å². The largest absolute Gasteiger partial charge is 0.419 e. The van der Waals surface area contributed by atoms with Crippen LogP contribution in [0, 0.1) is 5.82 Å². The van der Waals surface area contributed by atoms with Crippen molar-refractivity contribution >= 4 is 0 Å². The van der Waals surface area contributed by atoms with Crippen LogP contribution in [-0.2, 0) is 6.54 Å². The highest BCUT2D eigenvalue weighted by atomic mass is 19.1. The SMILES string of the molecule is CC(CO)N(C)Cc1nnc(-c2ccc(F)cc2)o1. The molecule has 5 nitrogen and oxygen atoms in total. The van der Waals surface area contributed by atoms with Gasteiger partial charge in [-0.25, -0.2) is 4.39 Å². The first-order valence-electron chi connectivity index (χ1n) is 5.99. The quantitative estimate of drug-likeness (QED) is 0.891. The number of likely N-dealkylation sites (N-methyl/N-ethyl adjacent to an activating group) is 1. The highest BCUT2D eigenvalue weighted by Crippen LogP contribution is 2.18. The summed E-state index contributed by atoms with van der Waals surface area (Å²) < 4.78 is 18.3. The van der Waals surface area contributed by atoms with Crippen LogP contribution in [0.25, 0.3) is 11.5 Å². The number of nitrogens with zero attached hydrogens (tertiary/aromatic N) is 3. The Morgan fingerprint density at radius 2 is 2.00 bits per heavy atom. The van der Waals surface area contributed by atoms with Gasteiger partial charge in [0.1, 0.15) is 5.82 Å². The zero-order chi connectivity index (χ0) is 13.8. The van der Waals surface area contributed by atoms with Crippen LogP contribution < -0.4 is 0 Å². The van der Waals surface area contributed by atoms with Gasteiger partial charge in [-0.1, -0.05) is 0 Å². The number of hydrogen-bond donors (Lipinski definition) is 1. The summed E-state index contributed by atoms with van der Waals surface area (Å²) in [6.45, 7) is 2.42. The normalized spacial score (nSPS) is 12.9. The van der Waals surface area contributed by atoms with Gasteiger partial charge in [-0.15, -0.1) is 10.2 Å². The van der Waals surface area contributed by atoms with Crippen LogP contribution in [0.1, 0.15) is 12.8 Å². The second kappa shape index (κ2) is 5.90. The summed E-state index contributed by atoms with van der Waals surface area (Å²) in [6.07, 6.45) is 0. The van der Waals surface area contributed by atoms with E-state index in [-0.39, 0.29) is 18.5 Å². The molecule has 0 amide bonds. The number of halogens is 1.